The summed E-state index contributed by atoms with van der Waals surface area (Å²) in [6.07, 6.45) is 0. The van der Waals surface area contributed by atoms with E-state index in [0.717, 1.165) is 0 Å². The number of esters is 1. The maximum atomic E-state index is 10.7. The van der Waals surface area contributed by atoms with Gasteiger partial charge >= 0.3 is 5.97 Å². The van der Waals surface area contributed by atoms with Gasteiger partial charge in [0.05, 0.1) is 32.5 Å². The lowest BCUT2D eigenvalue weighted by Crippen LogP contribution is -2.11. The van der Waals surface area contributed by atoms with Gasteiger partial charge in [-0.1, -0.05) is 6.58 Å². The Morgan fingerprint density at radius 2 is 2.00 bits per heavy atom. The second-order valence-corrected chi connectivity index (χ2v) is 2.14. The zero-order valence-electron chi connectivity index (χ0n) is 7.46. The van der Waals surface area contributed by atoms with E-state index < -0.39 is 5.97 Å². The fraction of sp³-hybridized carbons (Fsp3) is 0.625. The lowest BCUT2D eigenvalue weighted by Gasteiger charge is -2.04. The third-order valence-electron chi connectivity index (χ3n) is 1.18. The first-order chi connectivity index (χ1) is 5.72. The first kappa shape index (κ1) is 11.1. The molecule has 0 saturated carbocycles. The summed E-state index contributed by atoms with van der Waals surface area (Å²) in [6, 6.07) is 0. The second-order valence-electron chi connectivity index (χ2n) is 2.14. The Bertz CT molecular complexity index is 153. The number of rotatable bonds is 6. The Hall–Kier alpha value is -0.870. The van der Waals surface area contributed by atoms with Crippen molar-refractivity contribution < 1.29 is 19.0 Å². The molecule has 0 spiro atoms. The van der Waals surface area contributed by atoms with Gasteiger partial charge < -0.3 is 14.2 Å². The number of methoxy groups -OCH3 is 2. The van der Waals surface area contributed by atoms with Gasteiger partial charge in [-0.15, -0.1) is 0 Å². The number of carbonyl (C=O) groups is 1. The maximum Gasteiger partial charge on any atom is 0.335 e. The van der Waals surface area contributed by atoms with Crippen LogP contribution < -0.4 is 0 Å². The molecule has 0 saturated heterocycles. The molecule has 0 unspecified atom stereocenters. The van der Waals surface area contributed by atoms with Crippen molar-refractivity contribution >= 4 is 5.97 Å². The number of ether oxygens (including phenoxy) is 3. The topological polar surface area (TPSA) is 44.8 Å². The van der Waals surface area contributed by atoms with E-state index in [1.165, 1.54) is 7.11 Å². The number of hydrogen-bond donors (Lipinski definition) is 0. The number of carbonyl (C=O) groups excluding carboxylic acids is 1. The molecule has 0 aliphatic heterocycles. The zero-order chi connectivity index (χ0) is 9.40. The van der Waals surface area contributed by atoms with Gasteiger partial charge in [0.15, 0.2) is 0 Å². The minimum atomic E-state index is -0.438. The van der Waals surface area contributed by atoms with Crippen LogP contribution >= 0.6 is 0 Å². The van der Waals surface area contributed by atoms with E-state index in [9.17, 15) is 4.79 Å². The van der Waals surface area contributed by atoms with E-state index in [-0.39, 0.29) is 6.61 Å². The molecule has 0 N–H and O–H groups in total. The molecule has 0 aliphatic carbocycles. The van der Waals surface area contributed by atoms with Gasteiger partial charge in [-0.3, -0.25) is 0 Å². The lowest BCUT2D eigenvalue weighted by molar-refractivity contribution is -0.136. The molecule has 0 rings (SSSR count). The summed E-state index contributed by atoms with van der Waals surface area (Å²) in [7, 11) is 2.89. The van der Waals surface area contributed by atoms with Crippen LogP contribution in [-0.2, 0) is 19.0 Å². The van der Waals surface area contributed by atoms with Gasteiger partial charge in [-0.2, -0.15) is 0 Å². The van der Waals surface area contributed by atoms with Gasteiger partial charge in [0.1, 0.15) is 0 Å². The van der Waals surface area contributed by atoms with Crippen molar-refractivity contribution in [3.8, 4) is 0 Å². The van der Waals surface area contributed by atoms with Crippen molar-refractivity contribution in [3.05, 3.63) is 12.2 Å². The molecule has 0 amide bonds. The molecule has 0 radical (unpaired) electrons. The largest absolute Gasteiger partial charge is 0.466 e. The van der Waals surface area contributed by atoms with E-state index in [2.05, 4.69) is 11.3 Å². The molecule has 12 heavy (non-hydrogen) atoms. The molecule has 0 heterocycles. The third kappa shape index (κ3) is 4.87. The highest BCUT2D eigenvalue weighted by molar-refractivity contribution is 5.87. The highest BCUT2D eigenvalue weighted by atomic mass is 16.5. The third-order valence-corrected chi connectivity index (χ3v) is 1.18. The molecule has 0 aromatic rings. The zero-order valence-corrected chi connectivity index (χ0v) is 7.46. The predicted octanol–water partition coefficient (Wildman–Crippen LogP) is 0.379. The monoisotopic (exact) mass is 174 g/mol. The van der Waals surface area contributed by atoms with Crippen LogP contribution in [-0.4, -0.2) is 40.0 Å². The Morgan fingerprint density at radius 3 is 2.50 bits per heavy atom. The summed E-state index contributed by atoms with van der Waals surface area (Å²) in [6.45, 7) is 4.63. The highest BCUT2D eigenvalue weighted by Gasteiger charge is 2.05. The first-order valence-electron chi connectivity index (χ1n) is 3.55. The molecule has 70 valence electrons. The molecular weight excluding hydrogens is 160 g/mol. The van der Waals surface area contributed by atoms with Gasteiger partial charge in [-0.05, 0) is 0 Å². The SMILES string of the molecule is C=C(COCCOC)C(=O)OC. The average molecular weight is 174 g/mol. The fourth-order valence-corrected chi connectivity index (χ4v) is 0.541. The lowest BCUT2D eigenvalue weighted by atomic mass is 10.3. The Balaban J connectivity index is 3.38. The Kier molecular flexibility index (Phi) is 6.32. The molecule has 4 heteroatoms. The van der Waals surface area contributed by atoms with Crippen LogP contribution in [0.3, 0.4) is 0 Å². The van der Waals surface area contributed by atoms with Crippen LogP contribution in [0, 0.1) is 0 Å². The van der Waals surface area contributed by atoms with Crippen LogP contribution in [0.2, 0.25) is 0 Å². The summed E-state index contributed by atoms with van der Waals surface area (Å²) in [5.41, 5.74) is 0.314. The molecule has 0 aromatic heterocycles. The van der Waals surface area contributed by atoms with Gasteiger partial charge in [0.2, 0.25) is 0 Å². The van der Waals surface area contributed by atoms with E-state index >= 15 is 0 Å². The first-order valence-corrected chi connectivity index (χ1v) is 3.55. The Morgan fingerprint density at radius 1 is 1.33 bits per heavy atom. The summed E-state index contributed by atoms with van der Waals surface area (Å²) < 4.78 is 14.2. The van der Waals surface area contributed by atoms with Crippen LogP contribution in [0.15, 0.2) is 12.2 Å². The molecule has 0 aromatic carbocycles. The summed E-state index contributed by atoms with van der Waals surface area (Å²) in [5, 5.41) is 0. The van der Waals surface area contributed by atoms with Gasteiger partial charge in [0, 0.05) is 7.11 Å². The van der Waals surface area contributed by atoms with Crippen LogP contribution in [0.25, 0.3) is 0 Å². The second kappa shape index (κ2) is 6.82. The average Bonchev–Trinajstić information content (AvgIpc) is 2.10. The van der Waals surface area contributed by atoms with Crippen molar-refractivity contribution in [1.29, 1.82) is 0 Å². The van der Waals surface area contributed by atoms with Crippen LogP contribution in [0.1, 0.15) is 0 Å². The summed E-state index contributed by atoms with van der Waals surface area (Å²) in [5.74, 6) is -0.438. The molecular formula is C8H14O4. The smallest absolute Gasteiger partial charge is 0.335 e. The fourth-order valence-electron chi connectivity index (χ4n) is 0.541. The highest BCUT2D eigenvalue weighted by Crippen LogP contribution is 1.93. The van der Waals surface area contributed by atoms with E-state index in [4.69, 9.17) is 9.47 Å². The molecule has 0 fully saturated rings. The number of hydrogen-bond acceptors (Lipinski definition) is 4. The van der Waals surface area contributed by atoms with E-state index in [1.807, 2.05) is 0 Å². The molecule has 0 aliphatic rings. The molecule has 4 nitrogen and oxygen atoms in total. The van der Waals surface area contributed by atoms with E-state index in [0.29, 0.717) is 18.8 Å². The van der Waals surface area contributed by atoms with Gasteiger partial charge in [-0.25, -0.2) is 4.79 Å². The van der Waals surface area contributed by atoms with Crippen molar-refractivity contribution in [1.82, 2.24) is 0 Å². The van der Waals surface area contributed by atoms with Crippen molar-refractivity contribution in [2.45, 2.75) is 0 Å². The minimum absolute atomic E-state index is 0.191. The summed E-state index contributed by atoms with van der Waals surface area (Å²) in [4.78, 5) is 10.7. The normalized spacial score (nSPS) is 9.50. The van der Waals surface area contributed by atoms with Crippen molar-refractivity contribution in [2.75, 3.05) is 34.0 Å². The predicted molar refractivity (Wildman–Crippen MR) is 43.9 cm³/mol. The summed E-state index contributed by atoms with van der Waals surface area (Å²) >= 11 is 0. The van der Waals surface area contributed by atoms with Crippen LogP contribution in [0.4, 0.5) is 0 Å². The Labute approximate surface area is 72.1 Å². The van der Waals surface area contributed by atoms with Crippen LogP contribution in [0.5, 0.6) is 0 Å². The van der Waals surface area contributed by atoms with E-state index in [1.54, 1.807) is 7.11 Å². The van der Waals surface area contributed by atoms with Crippen molar-refractivity contribution in [2.24, 2.45) is 0 Å². The molecule has 0 bridgehead atoms. The quantitative estimate of drug-likeness (QED) is 0.332. The maximum absolute atomic E-state index is 10.7. The molecule has 0 atom stereocenters. The van der Waals surface area contributed by atoms with Crippen molar-refractivity contribution in [3.63, 3.8) is 0 Å². The minimum Gasteiger partial charge on any atom is -0.466 e. The van der Waals surface area contributed by atoms with Gasteiger partial charge in [0.25, 0.3) is 0 Å². The standard InChI is InChI=1S/C8H14O4/c1-7(8(9)11-3)6-12-5-4-10-2/h1,4-6H2,2-3H3.